The number of likely N-dealkylation sites (N-methyl/N-ethyl adjacent to an activating group) is 1. The van der Waals surface area contributed by atoms with Crippen LogP contribution in [0.15, 0.2) is 102 Å². The Balaban J connectivity index is 1.67. The van der Waals surface area contributed by atoms with Gasteiger partial charge in [0.1, 0.15) is 6.04 Å². The maximum absolute atomic E-state index is 14.0. The molecule has 42 heavy (non-hydrogen) atoms. The maximum Gasteiger partial charge on any atom is 0.243 e. The van der Waals surface area contributed by atoms with Gasteiger partial charge in [-0.15, -0.1) is 0 Å². The molecule has 0 heterocycles. The van der Waals surface area contributed by atoms with E-state index in [2.05, 4.69) is 5.32 Å². The summed E-state index contributed by atoms with van der Waals surface area (Å²) in [6.07, 6.45) is 1.03. The van der Waals surface area contributed by atoms with Gasteiger partial charge in [0.05, 0.1) is 11.4 Å². The first-order valence-corrected chi connectivity index (χ1v) is 15.7. The van der Waals surface area contributed by atoms with E-state index in [1.165, 1.54) is 11.9 Å². The average molecular weight is 586 g/mol. The van der Waals surface area contributed by atoms with Gasteiger partial charge in [0, 0.05) is 26.1 Å². The zero-order valence-corrected chi connectivity index (χ0v) is 25.5. The predicted octanol–water partition coefficient (Wildman–Crippen LogP) is 5.32. The van der Waals surface area contributed by atoms with E-state index in [0.29, 0.717) is 6.42 Å². The predicted molar refractivity (Wildman–Crippen MR) is 167 cm³/mol. The number of rotatable bonds is 12. The maximum atomic E-state index is 14.0. The van der Waals surface area contributed by atoms with Gasteiger partial charge in [0.2, 0.25) is 21.8 Å². The van der Waals surface area contributed by atoms with Crippen LogP contribution in [0.3, 0.4) is 0 Å². The molecule has 0 fully saturated rings. The van der Waals surface area contributed by atoms with Crippen molar-refractivity contribution in [3.63, 3.8) is 0 Å². The standard InChI is InChI=1S/C34H39N3O4S/c1-5-26(3)35-34(39)32(21-27-11-7-6-8-12-27)37(23-28-17-15-25(2)16-18-28)33(38)24-36(4)42(40,41)31-20-19-29-13-9-10-14-30(29)22-31/h6-20,22,26,32H,5,21,23-24H2,1-4H3,(H,35,39). The fourth-order valence-corrected chi connectivity index (χ4v) is 5.92. The van der Waals surface area contributed by atoms with Gasteiger partial charge in [-0.25, -0.2) is 8.42 Å². The molecule has 2 amide bonds. The Morgan fingerprint density at radius 2 is 1.48 bits per heavy atom. The van der Waals surface area contributed by atoms with Crippen molar-refractivity contribution in [1.29, 1.82) is 0 Å². The molecule has 0 aliphatic carbocycles. The number of nitrogens with one attached hydrogen (secondary N) is 1. The summed E-state index contributed by atoms with van der Waals surface area (Å²) in [5, 5.41) is 4.76. The molecule has 220 valence electrons. The van der Waals surface area contributed by atoms with Crippen molar-refractivity contribution in [2.45, 2.75) is 57.1 Å². The van der Waals surface area contributed by atoms with Crippen molar-refractivity contribution in [3.05, 3.63) is 114 Å². The lowest BCUT2D eigenvalue weighted by molar-refractivity contribution is -0.141. The highest BCUT2D eigenvalue weighted by Gasteiger charge is 2.33. The Hall–Kier alpha value is -4.01. The molecule has 0 aliphatic heterocycles. The summed E-state index contributed by atoms with van der Waals surface area (Å²) < 4.78 is 28.2. The minimum Gasteiger partial charge on any atom is -0.352 e. The Kier molecular flexibility index (Phi) is 10.1. The number of amides is 2. The molecule has 0 spiro atoms. The fraction of sp³-hybridized carbons (Fsp3) is 0.294. The number of sulfonamides is 1. The van der Waals surface area contributed by atoms with Crippen molar-refractivity contribution < 1.29 is 18.0 Å². The number of hydrogen-bond donors (Lipinski definition) is 1. The van der Waals surface area contributed by atoms with E-state index in [1.807, 2.05) is 99.6 Å². The number of hydrogen-bond acceptors (Lipinski definition) is 4. The van der Waals surface area contributed by atoms with E-state index in [4.69, 9.17) is 0 Å². The molecule has 0 aliphatic rings. The summed E-state index contributed by atoms with van der Waals surface area (Å²) in [5.41, 5.74) is 2.83. The summed E-state index contributed by atoms with van der Waals surface area (Å²) in [6, 6.07) is 28.9. The van der Waals surface area contributed by atoms with Crippen molar-refractivity contribution in [3.8, 4) is 0 Å². The summed E-state index contributed by atoms with van der Waals surface area (Å²) in [5.74, 6) is -0.726. The number of carbonyl (C=O) groups is 2. The summed E-state index contributed by atoms with van der Waals surface area (Å²) in [4.78, 5) is 29.4. The first-order chi connectivity index (χ1) is 20.1. The molecule has 4 aromatic carbocycles. The minimum absolute atomic E-state index is 0.0805. The van der Waals surface area contributed by atoms with Crippen molar-refractivity contribution in [2.24, 2.45) is 0 Å². The number of aryl methyl sites for hydroxylation is 1. The normalized spacial score (nSPS) is 13.1. The van der Waals surface area contributed by atoms with E-state index in [9.17, 15) is 18.0 Å². The molecule has 0 saturated heterocycles. The first kappa shape index (κ1) is 30.9. The van der Waals surface area contributed by atoms with Crippen LogP contribution in [-0.2, 0) is 32.6 Å². The van der Waals surface area contributed by atoms with Crippen LogP contribution >= 0.6 is 0 Å². The first-order valence-electron chi connectivity index (χ1n) is 14.2. The van der Waals surface area contributed by atoms with Gasteiger partial charge in [0.25, 0.3) is 0 Å². The quantitative estimate of drug-likeness (QED) is 0.244. The van der Waals surface area contributed by atoms with Crippen LogP contribution in [-0.4, -0.2) is 55.1 Å². The molecule has 4 rings (SSSR count). The summed E-state index contributed by atoms with van der Waals surface area (Å²) >= 11 is 0. The Morgan fingerprint density at radius 1 is 0.833 bits per heavy atom. The summed E-state index contributed by atoms with van der Waals surface area (Å²) in [6.45, 7) is 5.64. The molecule has 0 aromatic heterocycles. The molecule has 1 N–H and O–H groups in total. The van der Waals surface area contributed by atoms with Crippen LogP contribution < -0.4 is 5.32 Å². The molecule has 8 heteroatoms. The lowest BCUT2D eigenvalue weighted by atomic mass is 10.0. The van der Waals surface area contributed by atoms with Crippen LogP contribution in [0.2, 0.25) is 0 Å². The largest absolute Gasteiger partial charge is 0.352 e. The van der Waals surface area contributed by atoms with Gasteiger partial charge in [-0.3, -0.25) is 9.59 Å². The topological polar surface area (TPSA) is 86.8 Å². The molecule has 2 atom stereocenters. The van der Waals surface area contributed by atoms with E-state index < -0.39 is 28.5 Å². The van der Waals surface area contributed by atoms with E-state index in [0.717, 1.165) is 38.2 Å². The lowest BCUT2D eigenvalue weighted by Gasteiger charge is -2.33. The van der Waals surface area contributed by atoms with E-state index >= 15 is 0 Å². The van der Waals surface area contributed by atoms with Crippen LogP contribution in [0, 0.1) is 6.92 Å². The number of benzene rings is 4. The van der Waals surface area contributed by atoms with Crippen molar-refractivity contribution in [1.82, 2.24) is 14.5 Å². The Bertz CT molecular complexity index is 1620. The second kappa shape index (κ2) is 13.8. The number of nitrogens with zero attached hydrogens (tertiary/aromatic N) is 2. The zero-order valence-electron chi connectivity index (χ0n) is 24.7. The van der Waals surface area contributed by atoms with Crippen LogP contribution in [0.25, 0.3) is 10.8 Å². The smallest absolute Gasteiger partial charge is 0.243 e. The molecule has 0 radical (unpaired) electrons. The molecule has 7 nitrogen and oxygen atoms in total. The third kappa shape index (κ3) is 7.63. The molecule has 0 saturated carbocycles. The summed E-state index contributed by atoms with van der Waals surface area (Å²) in [7, 11) is -2.58. The number of fused-ring (bicyclic) bond motifs is 1. The van der Waals surface area contributed by atoms with Crippen LogP contribution in [0.4, 0.5) is 0 Å². The van der Waals surface area contributed by atoms with Crippen LogP contribution in [0.1, 0.15) is 37.0 Å². The SMILES string of the molecule is CCC(C)NC(=O)C(Cc1ccccc1)N(Cc1ccc(C)cc1)C(=O)CN(C)S(=O)(=O)c1ccc2ccccc2c1. The third-order valence-electron chi connectivity index (χ3n) is 7.53. The van der Waals surface area contributed by atoms with Gasteiger partial charge >= 0.3 is 0 Å². The molecule has 0 bridgehead atoms. The van der Waals surface area contributed by atoms with E-state index in [1.54, 1.807) is 18.2 Å². The highest BCUT2D eigenvalue weighted by molar-refractivity contribution is 7.89. The highest BCUT2D eigenvalue weighted by Crippen LogP contribution is 2.22. The number of carbonyl (C=O) groups excluding carboxylic acids is 2. The Morgan fingerprint density at radius 3 is 2.14 bits per heavy atom. The van der Waals surface area contributed by atoms with Gasteiger partial charge in [-0.1, -0.05) is 97.4 Å². The fourth-order valence-electron chi connectivity index (χ4n) is 4.76. The van der Waals surface area contributed by atoms with Gasteiger partial charge < -0.3 is 10.2 Å². The van der Waals surface area contributed by atoms with Crippen molar-refractivity contribution >= 4 is 32.6 Å². The molecular formula is C34H39N3O4S. The average Bonchev–Trinajstić information content (AvgIpc) is 2.99. The zero-order chi connectivity index (χ0) is 30.3. The van der Waals surface area contributed by atoms with E-state index in [-0.39, 0.29) is 23.4 Å². The van der Waals surface area contributed by atoms with Gasteiger partial charge in [-0.05, 0) is 54.3 Å². The Labute approximate surface area is 249 Å². The van der Waals surface area contributed by atoms with Crippen LogP contribution in [0.5, 0.6) is 0 Å². The van der Waals surface area contributed by atoms with Gasteiger partial charge in [-0.2, -0.15) is 4.31 Å². The molecule has 2 unspecified atom stereocenters. The van der Waals surface area contributed by atoms with Crippen molar-refractivity contribution in [2.75, 3.05) is 13.6 Å². The second-order valence-electron chi connectivity index (χ2n) is 10.8. The monoisotopic (exact) mass is 585 g/mol. The highest BCUT2D eigenvalue weighted by atomic mass is 32.2. The van der Waals surface area contributed by atoms with Gasteiger partial charge in [0.15, 0.2) is 0 Å². The minimum atomic E-state index is -3.98. The second-order valence-corrected chi connectivity index (χ2v) is 12.8. The lowest BCUT2D eigenvalue weighted by Crippen LogP contribution is -2.54. The third-order valence-corrected chi connectivity index (χ3v) is 9.33. The molecular weight excluding hydrogens is 546 g/mol. The molecule has 4 aromatic rings.